The van der Waals surface area contributed by atoms with E-state index in [1.165, 1.54) is 43.5 Å². The number of nitrogens with zero attached hydrogens (tertiary/aromatic N) is 1. The number of benzene rings is 1. The van der Waals surface area contributed by atoms with E-state index in [2.05, 4.69) is 58.6 Å². The summed E-state index contributed by atoms with van der Waals surface area (Å²) in [7, 11) is 0. The highest BCUT2D eigenvalue weighted by Crippen LogP contribution is 2.49. The second kappa shape index (κ2) is 5.67. The molecule has 3 rings (SSSR count). The molecule has 2 aliphatic rings. The smallest absolute Gasteiger partial charge is 0.0356 e. The van der Waals surface area contributed by atoms with Gasteiger partial charge in [-0.3, -0.25) is 4.90 Å². The lowest BCUT2D eigenvalue weighted by molar-refractivity contribution is -0.00205. The molecule has 1 aromatic carbocycles. The van der Waals surface area contributed by atoms with Crippen molar-refractivity contribution in [1.29, 1.82) is 0 Å². The fourth-order valence-electron chi connectivity index (χ4n) is 4.66. The molecule has 2 aliphatic heterocycles. The minimum absolute atomic E-state index is 0.457. The van der Waals surface area contributed by atoms with Crippen LogP contribution < -0.4 is 0 Å². The largest absolute Gasteiger partial charge is 0.296 e. The SMILES string of the molecule is Cc1cc2c(cc1C)C1CC(C)(C)C(CC(C)C)CN1CC2. The molecular formula is C21H33N. The van der Waals surface area contributed by atoms with Crippen LogP contribution in [0, 0.1) is 31.1 Å². The molecule has 2 heterocycles. The van der Waals surface area contributed by atoms with Crippen LogP contribution in [-0.2, 0) is 6.42 Å². The first-order chi connectivity index (χ1) is 10.3. The highest BCUT2D eigenvalue weighted by Gasteiger charge is 2.43. The Balaban J connectivity index is 1.91. The molecule has 1 saturated heterocycles. The molecule has 122 valence electrons. The molecule has 0 radical (unpaired) electrons. The maximum absolute atomic E-state index is 2.79. The maximum atomic E-state index is 2.79. The lowest BCUT2D eigenvalue weighted by Crippen LogP contribution is -2.49. The van der Waals surface area contributed by atoms with Crippen molar-refractivity contribution in [2.75, 3.05) is 13.1 Å². The summed E-state index contributed by atoms with van der Waals surface area (Å²) in [5, 5.41) is 0. The van der Waals surface area contributed by atoms with Crippen LogP contribution in [0.4, 0.5) is 0 Å². The molecule has 0 bridgehead atoms. The fourth-order valence-corrected chi connectivity index (χ4v) is 4.66. The molecule has 0 N–H and O–H groups in total. The zero-order chi connectivity index (χ0) is 16.1. The molecule has 2 unspecified atom stereocenters. The van der Waals surface area contributed by atoms with Gasteiger partial charge >= 0.3 is 0 Å². The molecule has 1 fully saturated rings. The third-order valence-electron chi connectivity index (χ3n) is 6.26. The Bertz CT molecular complexity index is 555. The normalized spacial score (nSPS) is 27.6. The lowest BCUT2D eigenvalue weighted by Gasteiger charge is -2.51. The van der Waals surface area contributed by atoms with Gasteiger partial charge in [0.1, 0.15) is 0 Å². The van der Waals surface area contributed by atoms with Gasteiger partial charge in [-0.25, -0.2) is 0 Å². The van der Waals surface area contributed by atoms with Gasteiger partial charge in [0.2, 0.25) is 0 Å². The average molecular weight is 300 g/mol. The molecule has 0 aromatic heterocycles. The van der Waals surface area contributed by atoms with Crippen LogP contribution in [0.2, 0.25) is 0 Å². The van der Waals surface area contributed by atoms with Crippen LogP contribution in [0.3, 0.4) is 0 Å². The van der Waals surface area contributed by atoms with Crippen molar-refractivity contribution in [1.82, 2.24) is 4.90 Å². The quantitative estimate of drug-likeness (QED) is 0.716. The van der Waals surface area contributed by atoms with Gasteiger partial charge in [-0.05, 0) is 72.6 Å². The van der Waals surface area contributed by atoms with Gasteiger partial charge in [-0.1, -0.05) is 39.8 Å². The van der Waals surface area contributed by atoms with Gasteiger partial charge in [-0.15, -0.1) is 0 Å². The summed E-state index contributed by atoms with van der Waals surface area (Å²) in [6.07, 6.45) is 3.93. The third-order valence-corrected chi connectivity index (χ3v) is 6.26. The van der Waals surface area contributed by atoms with Gasteiger partial charge in [0, 0.05) is 19.1 Å². The molecule has 1 nitrogen and oxygen atoms in total. The second-order valence-corrected chi connectivity index (χ2v) is 8.92. The predicted octanol–water partition coefficient (Wildman–Crippen LogP) is 5.29. The van der Waals surface area contributed by atoms with E-state index in [4.69, 9.17) is 0 Å². The topological polar surface area (TPSA) is 3.24 Å². The Kier molecular flexibility index (Phi) is 4.14. The van der Waals surface area contributed by atoms with Crippen molar-refractivity contribution in [3.63, 3.8) is 0 Å². The van der Waals surface area contributed by atoms with Gasteiger partial charge in [0.15, 0.2) is 0 Å². The molecule has 0 amide bonds. The standard InChI is InChI=1S/C21H33N/c1-14(2)9-18-13-22-8-7-17-10-15(3)16(4)11-19(17)20(22)12-21(18,5)6/h10-11,14,18,20H,7-9,12-13H2,1-6H3. The Morgan fingerprint density at radius 2 is 1.86 bits per heavy atom. The van der Waals surface area contributed by atoms with Crippen LogP contribution in [0.25, 0.3) is 0 Å². The Morgan fingerprint density at radius 3 is 2.55 bits per heavy atom. The monoisotopic (exact) mass is 299 g/mol. The third kappa shape index (κ3) is 2.85. The van der Waals surface area contributed by atoms with Crippen LogP contribution in [0.15, 0.2) is 12.1 Å². The zero-order valence-corrected chi connectivity index (χ0v) is 15.4. The molecule has 0 aliphatic carbocycles. The van der Waals surface area contributed by atoms with Crippen LogP contribution in [-0.4, -0.2) is 18.0 Å². The Hall–Kier alpha value is -0.820. The fraction of sp³-hybridized carbons (Fsp3) is 0.714. The number of fused-ring (bicyclic) bond motifs is 3. The van der Waals surface area contributed by atoms with Crippen LogP contribution in [0.5, 0.6) is 0 Å². The van der Waals surface area contributed by atoms with Crippen molar-refractivity contribution in [3.8, 4) is 0 Å². The van der Waals surface area contributed by atoms with Gasteiger partial charge < -0.3 is 0 Å². The minimum Gasteiger partial charge on any atom is -0.296 e. The number of piperidine rings is 1. The first kappa shape index (κ1) is 16.1. The maximum Gasteiger partial charge on any atom is 0.0356 e. The van der Waals surface area contributed by atoms with Crippen molar-refractivity contribution < 1.29 is 0 Å². The van der Waals surface area contributed by atoms with Crippen molar-refractivity contribution >= 4 is 0 Å². The number of hydrogen-bond donors (Lipinski definition) is 0. The van der Waals surface area contributed by atoms with Gasteiger partial charge in [0.25, 0.3) is 0 Å². The number of hydrogen-bond acceptors (Lipinski definition) is 1. The summed E-state index contributed by atoms with van der Waals surface area (Å²) in [4.78, 5) is 2.79. The molecule has 1 aromatic rings. The summed E-state index contributed by atoms with van der Waals surface area (Å²) in [5.41, 5.74) is 6.62. The van der Waals surface area contributed by atoms with E-state index in [1.807, 2.05) is 0 Å². The Morgan fingerprint density at radius 1 is 1.18 bits per heavy atom. The lowest BCUT2D eigenvalue weighted by atomic mass is 9.66. The number of rotatable bonds is 2. The summed E-state index contributed by atoms with van der Waals surface area (Å²) in [5.74, 6) is 1.65. The highest BCUT2D eigenvalue weighted by atomic mass is 15.2. The molecule has 0 saturated carbocycles. The summed E-state index contributed by atoms with van der Waals surface area (Å²) < 4.78 is 0. The van der Waals surface area contributed by atoms with Gasteiger partial charge in [0.05, 0.1) is 0 Å². The van der Waals surface area contributed by atoms with E-state index in [0.29, 0.717) is 11.5 Å². The van der Waals surface area contributed by atoms with E-state index >= 15 is 0 Å². The zero-order valence-electron chi connectivity index (χ0n) is 15.4. The van der Waals surface area contributed by atoms with Gasteiger partial charge in [-0.2, -0.15) is 0 Å². The summed E-state index contributed by atoms with van der Waals surface area (Å²) >= 11 is 0. The van der Waals surface area contributed by atoms with Crippen LogP contribution >= 0.6 is 0 Å². The second-order valence-electron chi connectivity index (χ2n) is 8.92. The first-order valence-corrected chi connectivity index (χ1v) is 9.12. The predicted molar refractivity (Wildman–Crippen MR) is 95.3 cm³/mol. The van der Waals surface area contributed by atoms with E-state index in [-0.39, 0.29) is 0 Å². The molecule has 0 spiro atoms. The minimum atomic E-state index is 0.457. The van der Waals surface area contributed by atoms with Crippen molar-refractivity contribution in [2.24, 2.45) is 17.3 Å². The van der Waals surface area contributed by atoms with Crippen molar-refractivity contribution in [2.45, 2.75) is 66.8 Å². The molecule has 1 heteroatoms. The van der Waals surface area contributed by atoms with E-state index in [1.54, 1.807) is 11.1 Å². The first-order valence-electron chi connectivity index (χ1n) is 9.12. The highest BCUT2D eigenvalue weighted by molar-refractivity contribution is 5.41. The van der Waals surface area contributed by atoms with E-state index in [0.717, 1.165) is 11.8 Å². The Labute approximate surface area is 137 Å². The van der Waals surface area contributed by atoms with E-state index < -0.39 is 0 Å². The van der Waals surface area contributed by atoms with Crippen LogP contribution in [0.1, 0.15) is 68.8 Å². The average Bonchev–Trinajstić information content (AvgIpc) is 2.41. The molecular weight excluding hydrogens is 266 g/mol. The molecule has 2 atom stereocenters. The molecule has 22 heavy (non-hydrogen) atoms. The number of aryl methyl sites for hydroxylation is 2. The summed E-state index contributed by atoms with van der Waals surface area (Å²) in [6.45, 7) is 16.8. The van der Waals surface area contributed by atoms with Crippen molar-refractivity contribution in [3.05, 3.63) is 34.4 Å². The summed E-state index contributed by atoms with van der Waals surface area (Å²) in [6, 6.07) is 5.59. The van der Waals surface area contributed by atoms with E-state index in [9.17, 15) is 0 Å².